The molecule has 2 heteroatoms. The van der Waals surface area contributed by atoms with Gasteiger partial charge in [0.05, 0.1) is 0 Å². The highest BCUT2D eigenvalue weighted by Crippen LogP contribution is 2.17. The summed E-state index contributed by atoms with van der Waals surface area (Å²) in [4.78, 5) is 14.1. The maximum atomic E-state index is 11.4. The molecule has 0 saturated heterocycles. The summed E-state index contributed by atoms with van der Waals surface area (Å²) < 4.78 is 0. The molecule has 0 atom stereocenters. The predicted molar refractivity (Wildman–Crippen MR) is 54.0 cm³/mol. The van der Waals surface area contributed by atoms with Crippen LogP contribution in [0, 0.1) is 13.8 Å². The minimum absolute atomic E-state index is 0.0133. The van der Waals surface area contributed by atoms with Gasteiger partial charge in [-0.05, 0) is 42.5 Å². The Morgan fingerprint density at radius 3 is 2.62 bits per heavy atom. The topological polar surface area (TPSA) is 32.9 Å². The summed E-state index contributed by atoms with van der Waals surface area (Å²) in [5.74, 6) is 0. The lowest BCUT2D eigenvalue weighted by molar-refractivity contribution is 1.26. The highest BCUT2D eigenvalue weighted by molar-refractivity contribution is 5.85. The molecule has 0 bridgehead atoms. The van der Waals surface area contributed by atoms with Crippen molar-refractivity contribution < 1.29 is 0 Å². The van der Waals surface area contributed by atoms with E-state index in [0.29, 0.717) is 0 Å². The van der Waals surface area contributed by atoms with Crippen molar-refractivity contribution in [1.29, 1.82) is 0 Å². The maximum absolute atomic E-state index is 11.4. The lowest BCUT2D eigenvalue weighted by atomic mass is 10.0. The van der Waals surface area contributed by atoms with Crippen molar-refractivity contribution >= 4 is 10.8 Å². The van der Waals surface area contributed by atoms with E-state index in [1.165, 1.54) is 11.1 Å². The summed E-state index contributed by atoms with van der Waals surface area (Å²) in [5.41, 5.74) is 2.39. The molecular formula is C11H11NO. The van der Waals surface area contributed by atoms with Gasteiger partial charge in [-0.25, -0.2) is 0 Å². The van der Waals surface area contributed by atoms with E-state index in [1.807, 2.05) is 25.1 Å². The molecule has 0 spiro atoms. The summed E-state index contributed by atoms with van der Waals surface area (Å²) in [6, 6.07) is 5.79. The van der Waals surface area contributed by atoms with E-state index < -0.39 is 0 Å². The standard InChI is InChI=1S/C11H11NO/c1-7-3-4-10-9(8(7)2)5-6-12-11(10)13/h3-6H,1-2H3,(H,12,13). The molecule has 0 aliphatic carbocycles. The van der Waals surface area contributed by atoms with Gasteiger partial charge in [0.25, 0.3) is 5.56 Å². The minimum atomic E-state index is -0.0133. The van der Waals surface area contributed by atoms with Crippen molar-refractivity contribution in [2.45, 2.75) is 13.8 Å². The van der Waals surface area contributed by atoms with Crippen molar-refractivity contribution in [2.75, 3.05) is 0 Å². The van der Waals surface area contributed by atoms with Crippen molar-refractivity contribution in [1.82, 2.24) is 4.98 Å². The lowest BCUT2D eigenvalue weighted by Crippen LogP contribution is -2.05. The molecule has 1 aromatic heterocycles. The van der Waals surface area contributed by atoms with E-state index >= 15 is 0 Å². The second-order valence-electron chi connectivity index (χ2n) is 3.28. The first kappa shape index (κ1) is 8.05. The quantitative estimate of drug-likeness (QED) is 0.650. The second kappa shape index (κ2) is 2.73. The zero-order chi connectivity index (χ0) is 9.42. The smallest absolute Gasteiger partial charge is 0.255 e. The first-order chi connectivity index (χ1) is 6.20. The van der Waals surface area contributed by atoms with Crippen LogP contribution in [0.4, 0.5) is 0 Å². The molecule has 0 aliphatic rings. The number of H-pyrrole nitrogens is 1. The van der Waals surface area contributed by atoms with Crippen LogP contribution in [0.3, 0.4) is 0 Å². The van der Waals surface area contributed by atoms with Gasteiger partial charge in [-0.1, -0.05) is 6.07 Å². The number of aryl methyl sites for hydroxylation is 2. The number of hydrogen-bond donors (Lipinski definition) is 1. The fourth-order valence-electron chi connectivity index (χ4n) is 1.53. The number of aromatic nitrogens is 1. The second-order valence-corrected chi connectivity index (χ2v) is 3.28. The molecule has 66 valence electrons. The van der Waals surface area contributed by atoms with Crippen LogP contribution in [-0.4, -0.2) is 4.98 Å². The zero-order valence-corrected chi connectivity index (χ0v) is 7.72. The monoisotopic (exact) mass is 173 g/mol. The van der Waals surface area contributed by atoms with Crippen LogP contribution in [-0.2, 0) is 0 Å². The largest absolute Gasteiger partial charge is 0.329 e. The van der Waals surface area contributed by atoms with E-state index in [1.54, 1.807) is 6.20 Å². The molecule has 0 unspecified atom stereocenters. The van der Waals surface area contributed by atoms with Gasteiger partial charge >= 0.3 is 0 Å². The van der Waals surface area contributed by atoms with Crippen LogP contribution in [0.5, 0.6) is 0 Å². The summed E-state index contributed by atoms with van der Waals surface area (Å²) in [6.45, 7) is 4.09. The molecule has 1 aromatic carbocycles. The van der Waals surface area contributed by atoms with Crippen LogP contribution in [0.25, 0.3) is 10.8 Å². The molecule has 0 aliphatic heterocycles. The Morgan fingerprint density at radius 1 is 1.08 bits per heavy atom. The first-order valence-electron chi connectivity index (χ1n) is 4.28. The normalized spacial score (nSPS) is 10.6. The molecule has 0 amide bonds. The summed E-state index contributed by atoms with van der Waals surface area (Å²) >= 11 is 0. The highest BCUT2D eigenvalue weighted by atomic mass is 16.1. The third-order valence-corrected chi connectivity index (χ3v) is 2.49. The lowest BCUT2D eigenvalue weighted by Gasteiger charge is -2.03. The van der Waals surface area contributed by atoms with E-state index in [2.05, 4.69) is 11.9 Å². The third kappa shape index (κ3) is 1.15. The van der Waals surface area contributed by atoms with E-state index in [9.17, 15) is 4.79 Å². The van der Waals surface area contributed by atoms with Crippen LogP contribution < -0.4 is 5.56 Å². The molecule has 2 nitrogen and oxygen atoms in total. The SMILES string of the molecule is Cc1ccc2c(=O)[nH]ccc2c1C. The number of aromatic amines is 1. The van der Waals surface area contributed by atoms with Gasteiger partial charge < -0.3 is 4.98 Å². The van der Waals surface area contributed by atoms with E-state index in [0.717, 1.165) is 10.8 Å². The Kier molecular flexibility index (Phi) is 1.69. The molecule has 13 heavy (non-hydrogen) atoms. The first-order valence-corrected chi connectivity index (χ1v) is 4.28. The number of fused-ring (bicyclic) bond motifs is 1. The Balaban J connectivity index is 3.03. The Hall–Kier alpha value is -1.57. The van der Waals surface area contributed by atoms with Gasteiger partial charge in [0.2, 0.25) is 0 Å². The van der Waals surface area contributed by atoms with Crippen LogP contribution in [0.2, 0.25) is 0 Å². The molecule has 2 rings (SSSR count). The highest BCUT2D eigenvalue weighted by Gasteiger charge is 2.01. The van der Waals surface area contributed by atoms with Gasteiger partial charge in [-0.2, -0.15) is 0 Å². The number of benzene rings is 1. The van der Waals surface area contributed by atoms with Gasteiger partial charge in [-0.3, -0.25) is 4.79 Å². The van der Waals surface area contributed by atoms with Crippen molar-refractivity contribution in [3.05, 3.63) is 45.9 Å². The van der Waals surface area contributed by atoms with Crippen molar-refractivity contribution in [3.8, 4) is 0 Å². The summed E-state index contributed by atoms with van der Waals surface area (Å²) in [5, 5.41) is 1.81. The van der Waals surface area contributed by atoms with Gasteiger partial charge in [0, 0.05) is 11.6 Å². The maximum Gasteiger partial charge on any atom is 0.255 e. The molecule has 1 heterocycles. The van der Waals surface area contributed by atoms with Crippen LogP contribution >= 0.6 is 0 Å². The van der Waals surface area contributed by atoms with Crippen molar-refractivity contribution in [2.24, 2.45) is 0 Å². The number of pyridine rings is 1. The fourth-order valence-corrected chi connectivity index (χ4v) is 1.53. The average molecular weight is 173 g/mol. The molecular weight excluding hydrogens is 162 g/mol. The summed E-state index contributed by atoms with van der Waals surface area (Å²) in [6.07, 6.45) is 1.69. The zero-order valence-electron chi connectivity index (χ0n) is 7.72. The molecule has 2 aromatic rings. The van der Waals surface area contributed by atoms with E-state index in [-0.39, 0.29) is 5.56 Å². The number of hydrogen-bond acceptors (Lipinski definition) is 1. The van der Waals surface area contributed by atoms with Gasteiger partial charge in [0.1, 0.15) is 0 Å². The Morgan fingerprint density at radius 2 is 1.85 bits per heavy atom. The van der Waals surface area contributed by atoms with Gasteiger partial charge in [-0.15, -0.1) is 0 Å². The molecule has 0 saturated carbocycles. The average Bonchev–Trinajstić information content (AvgIpc) is 2.12. The number of rotatable bonds is 0. The minimum Gasteiger partial charge on any atom is -0.329 e. The third-order valence-electron chi connectivity index (χ3n) is 2.49. The van der Waals surface area contributed by atoms with Crippen LogP contribution in [0.15, 0.2) is 29.2 Å². The Bertz CT molecular complexity index is 511. The van der Waals surface area contributed by atoms with Gasteiger partial charge in [0.15, 0.2) is 0 Å². The molecule has 0 fully saturated rings. The van der Waals surface area contributed by atoms with E-state index in [4.69, 9.17) is 0 Å². The molecule has 0 radical (unpaired) electrons. The van der Waals surface area contributed by atoms with Crippen LogP contribution in [0.1, 0.15) is 11.1 Å². The predicted octanol–water partition coefficient (Wildman–Crippen LogP) is 2.14. The summed E-state index contributed by atoms with van der Waals surface area (Å²) in [7, 11) is 0. The Labute approximate surface area is 76.2 Å². The fraction of sp³-hybridized carbons (Fsp3) is 0.182. The van der Waals surface area contributed by atoms with Crippen molar-refractivity contribution in [3.63, 3.8) is 0 Å². The number of nitrogens with one attached hydrogen (secondary N) is 1. The molecule has 1 N–H and O–H groups in total.